The minimum atomic E-state index is -0.855. The van der Waals surface area contributed by atoms with Crippen LogP contribution in [0.1, 0.15) is 31.0 Å². The van der Waals surface area contributed by atoms with Gasteiger partial charge in [0.25, 0.3) is 11.2 Å². The first-order chi connectivity index (χ1) is 16.2. The second-order valence-electron chi connectivity index (χ2n) is 7.29. The number of thiazole rings is 1. The molecule has 2 aromatic carbocycles. The van der Waals surface area contributed by atoms with Gasteiger partial charge in [-0.1, -0.05) is 52.7 Å². The molecule has 0 unspecified atom stereocenters. The van der Waals surface area contributed by atoms with Crippen molar-refractivity contribution in [3.63, 3.8) is 0 Å². The molecule has 1 atom stereocenters. The van der Waals surface area contributed by atoms with E-state index in [1.165, 1.54) is 28.8 Å². The molecule has 0 spiro atoms. The summed E-state index contributed by atoms with van der Waals surface area (Å²) in [7, 11) is 0. The minimum absolute atomic E-state index is 0.153. The number of non-ortho nitro benzene ring substituents is 1. The summed E-state index contributed by atoms with van der Waals surface area (Å²) in [6, 6.07) is 10.0. The Balaban J connectivity index is 1.99. The topological polar surface area (TPSA) is 104 Å². The second-order valence-corrected chi connectivity index (χ2v) is 9.11. The fraction of sp³-hybridized carbons (Fsp3) is 0.174. The molecule has 4 rings (SSSR count). The van der Waals surface area contributed by atoms with Gasteiger partial charge in [-0.2, -0.15) is 0 Å². The number of hydrogen-bond donors (Lipinski definition) is 0. The van der Waals surface area contributed by atoms with Gasteiger partial charge in [0.15, 0.2) is 4.80 Å². The number of nitro benzene ring substituents is 1. The quantitative estimate of drug-likeness (QED) is 0.289. The number of ether oxygens (including phenoxy) is 1. The average Bonchev–Trinajstić information content (AvgIpc) is 3.09. The molecule has 34 heavy (non-hydrogen) atoms. The summed E-state index contributed by atoms with van der Waals surface area (Å²) in [5.74, 6) is -0.593. The van der Waals surface area contributed by atoms with Crippen LogP contribution < -0.4 is 14.9 Å². The smallest absolute Gasteiger partial charge is 0.338 e. The zero-order valence-corrected chi connectivity index (χ0v) is 20.3. The van der Waals surface area contributed by atoms with E-state index >= 15 is 0 Å². The van der Waals surface area contributed by atoms with Gasteiger partial charge in [-0.25, -0.2) is 9.79 Å². The van der Waals surface area contributed by atoms with Crippen molar-refractivity contribution in [1.29, 1.82) is 0 Å². The van der Waals surface area contributed by atoms with Gasteiger partial charge in [-0.3, -0.25) is 19.5 Å². The highest BCUT2D eigenvalue weighted by molar-refractivity contribution is 7.07. The number of carbonyl (C=O) groups is 1. The van der Waals surface area contributed by atoms with Crippen LogP contribution in [0, 0.1) is 10.1 Å². The van der Waals surface area contributed by atoms with Crippen LogP contribution in [0.25, 0.3) is 6.08 Å². The molecule has 2 heterocycles. The lowest BCUT2D eigenvalue weighted by Crippen LogP contribution is -2.40. The summed E-state index contributed by atoms with van der Waals surface area (Å²) in [5.41, 5.74) is 0.884. The number of carbonyl (C=O) groups excluding carboxylic acids is 1. The number of esters is 1. The predicted molar refractivity (Wildman–Crippen MR) is 130 cm³/mol. The molecule has 1 aliphatic rings. The highest BCUT2D eigenvalue weighted by atomic mass is 35.5. The lowest BCUT2D eigenvalue weighted by molar-refractivity contribution is -0.384. The fourth-order valence-electron chi connectivity index (χ4n) is 3.68. The molecular weight excluding hydrogens is 501 g/mol. The first-order valence-electron chi connectivity index (χ1n) is 10.1. The molecule has 1 aromatic heterocycles. The normalized spacial score (nSPS) is 15.6. The minimum Gasteiger partial charge on any atom is -0.463 e. The number of rotatable bonds is 5. The van der Waals surface area contributed by atoms with Crippen molar-refractivity contribution in [3.8, 4) is 0 Å². The Bertz CT molecular complexity index is 1540. The van der Waals surface area contributed by atoms with Gasteiger partial charge in [-0.05, 0) is 37.6 Å². The van der Waals surface area contributed by atoms with E-state index in [4.69, 9.17) is 27.9 Å². The first kappa shape index (κ1) is 23.9. The van der Waals surface area contributed by atoms with E-state index in [0.29, 0.717) is 26.6 Å². The van der Waals surface area contributed by atoms with Gasteiger partial charge >= 0.3 is 5.97 Å². The third kappa shape index (κ3) is 4.29. The molecule has 0 bridgehead atoms. The molecule has 11 heteroatoms. The summed E-state index contributed by atoms with van der Waals surface area (Å²) < 4.78 is 6.89. The highest BCUT2D eigenvalue weighted by Crippen LogP contribution is 2.34. The van der Waals surface area contributed by atoms with E-state index in [9.17, 15) is 19.7 Å². The monoisotopic (exact) mass is 517 g/mol. The van der Waals surface area contributed by atoms with Gasteiger partial charge < -0.3 is 4.74 Å². The van der Waals surface area contributed by atoms with Gasteiger partial charge in [-0.15, -0.1) is 0 Å². The molecule has 0 saturated heterocycles. The summed E-state index contributed by atoms with van der Waals surface area (Å²) in [6.45, 7) is 3.52. The van der Waals surface area contributed by atoms with Crippen LogP contribution in [-0.2, 0) is 9.53 Å². The SMILES string of the molecule is CCOC(=O)C1=C(C)N=c2s/c(=C/c3cc([N+](=O)[O-])ccc3Cl)c(=O)n2[C@H]1c1ccccc1Cl. The van der Waals surface area contributed by atoms with Crippen LogP contribution in [0.3, 0.4) is 0 Å². The Morgan fingerprint density at radius 3 is 2.68 bits per heavy atom. The average molecular weight is 518 g/mol. The van der Waals surface area contributed by atoms with Crippen molar-refractivity contribution in [1.82, 2.24) is 4.57 Å². The van der Waals surface area contributed by atoms with E-state index in [1.807, 2.05) is 0 Å². The van der Waals surface area contributed by atoms with Crippen molar-refractivity contribution < 1.29 is 14.5 Å². The molecule has 0 fully saturated rings. The Kier molecular flexibility index (Phi) is 6.70. The lowest BCUT2D eigenvalue weighted by Gasteiger charge is -2.25. The maximum absolute atomic E-state index is 13.6. The highest BCUT2D eigenvalue weighted by Gasteiger charge is 2.34. The third-order valence-electron chi connectivity index (χ3n) is 5.19. The number of halogens is 2. The number of fused-ring (bicyclic) bond motifs is 1. The van der Waals surface area contributed by atoms with Crippen LogP contribution in [-0.4, -0.2) is 22.1 Å². The standard InChI is InChI=1S/C23H17Cl2N3O5S/c1-3-33-22(30)19-12(2)26-23-27(20(19)15-6-4-5-7-17(15)25)21(29)18(34-23)11-13-10-14(28(31)32)8-9-16(13)24/h4-11,20H,3H2,1-2H3/b18-11+/t20-/m0/s1. The number of aromatic nitrogens is 1. The molecule has 8 nitrogen and oxygen atoms in total. The lowest BCUT2D eigenvalue weighted by atomic mass is 9.96. The van der Waals surface area contributed by atoms with Gasteiger partial charge in [0.1, 0.15) is 6.04 Å². The molecule has 0 amide bonds. The van der Waals surface area contributed by atoms with Gasteiger partial charge in [0, 0.05) is 27.7 Å². The van der Waals surface area contributed by atoms with Crippen molar-refractivity contribution in [2.45, 2.75) is 19.9 Å². The van der Waals surface area contributed by atoms with E-state index < -0.39 is 22.5 Å². The maximum atomic E-state index is 13.6. The van der Waals surface area contributed by atoms with Crippen molar-refractivity contribution >= 4 is 52.3 Å². The molecule has 0 N–H and O–H groups in total. The molecular formula is C23H17Cl2N3O5S. The molecule has 1 aliphatic heterocycles. The number of allylic oxidation sites excluding steroid dienone is 1. The second kappa shape index (κ2) is 9.54. The van der Waals surface area contributed by atoms with Crippen LogP contribution in [0.5, 0.6) is 0 Å². The summed E-state index contributed by atoms with van der Waals surface area (Å²) >= 11 is 13.8. The van der Waals surface area contributed by atoms with Crippen LogP contribution in [0.4, 0.5) is 5.69 Å². The number of nitro groups is 1. The largest absolute Gasteiger partial charge is 0.463 e. The maximum Gasteiger partial charge on any atom is 0.338 e. The van der Waals surface area contributed by atoms with E-state index in [-0.39, 0.29) is 27.4 Å². The van der Waals surface area contributed by atoms with Crippen LogP contribution in [0.15, 0.2) is 63.5 Å². The number of benzene rings is 2. The number of hydrogen-bond acceptors (Lipinski definition) is 7. The Morgan fingerprint density at radius 2 is 2.00 bits per heavy atom. The van der Waals surface area contributed by atoms with Crippen molar-refractivity contribution in [2.75, 3.05) is 6.61 Å². The fourth-order valence-corrected chi connectivity index (χ4v) is 5.13. The predicted octanol–water partition coefficient (Wildman–Crippen LogP) is 4.01. The van der Waals surface area contributed by atoms with E-state index in [0.717, 1.165) is 11.3 Å². The molecule has 0 saturated carbocycles. The number of nitrogens with zero attached hydrogens (tertiary/aromatic N) is 3. The van der Waals surface area contributed by atoms with Crippen molar-refractivity contribution in [2.24, 2.45) is 4.99 Å². The van der Waals surface area contributed by atoms with Crippen LogP contribution >= 0.6 is 34.5 Å². The molecule has 174 valence electrons. The summed E-state index contributed by atoms with van der Waals surface area (Å²) in [5, 5.41) is 11.8. The molecule has 0 radical (unpaired) electrons. The zero-order chi connectivity index (χ0) is 24.6. The van der Waals surface area contributed by atoms with Gasteiger partial charge in [0.2, 0.25) is 0 Å². The van der Waals surface area contributed by atoms with Crippen LogP contribution in [0.2, 0.25) is 10.0 Å². The zero-order valence-electron chi connectivity index (χ0n) is 18.0. The van der Waals surface area contributed by atoms with E-state index in [1.54, 1.807) is 38.1 Å². The summed E-state index contributed by atoms with van der Waals surface area (Å²) in [4.78, 5) is 41.9. The van der Waals surface area contributed by atoms with Crippen molar-refractivity contribution in [3.05, 3.63) is 105 Å². The Labute approximate surface area is 207 Å². The molecule has 0 aliphatic carbocycles. The molecule has 3 aromatic rings. The Hall–Kier alpha value is -3.27. The Morgan fingerprint density at radius 1 is 1.26 bits per heavy atom. The summed E-state index contributed by atoms with van der Waals surface area (Å²) in [6.07, 6.45) is 1.48. The first-order valence-corrected chi connectivity index (χ1v) is 11.7. The van der Waals surface area contributed by atoms with Gasteiger partial charge in [0.05, 0.1) is 27.3 Å². The van der Waals surface area contributed by atoms with E-state index in [2.05, 4.69) is 4.99 Å². The third-order valence-corrected chi connectivity index (χ3v) is 6.87.